The van der Waals surface area contributed by atoms with Gasteiger partial charge in [0.25, 0.3) is 0 Å². The molecule has 23 heavy (non-hydrogen) atoms. The highest BCUT2D eigenvalue weighted by atomic mass is 35.5. The number of nitrogens with one attached hydrogen (secondary N) is 1. The smallest absolute Gasteiger partial charge is 0.332 e. The van der Waals surface area contributed by atoms with Crippen LogP contribution in [0, 0.1) is 0 Å². The lowest BCUT2D eigenvalue weighted by Gasteiger charge is -2.32. The van der Waals surface area contributed by atoms with Gasteiger partial charge in [0.2, 0.25) is 0 Å². The summed E-state index contributed by atoms with van der Waals surface area (Å²) in [5, 5.41) is 1.95. The Morgan fingerprint density at radius 3 is 2.61 bits per heavy atom. The molecule has 126 valence electrons. The van der Waals surface area contributed by atoms with Gasteiger partial charge >= 0.3 is 18.0 Å². The number of halogens is 4. The molecule has 1 aliphatic rings. The fourth-order valence-electron chi connectivity index (χ4n) is 2.57. The van der Waals surface area contributed by atoms with E-state index >= 15 is 0 Å². The van der Waals surface area contributed by atoms with E-state index < -0.39 is 29.2 Å². The number of benzene rings is 1. The molecule has 0 bridgehead atoms. The van der Waals surface area contributed by atoms with Gasteiger partial charge in [0.1, 0.15) is 0 Å². The fourth-order valence-corrected chi connectivity index (χ4v) is 2.74. The van der Waals surface area contributed by atoms with Crippen LogP contribution in [0.4, 0.5) is 18.9 Å². The topological polar surface area (TPSA) is 49.4 Å². The van der Waals surface area contributed by atoms with Crippen LogP contribution in [0.1, 0.15) is 31.7 Å². The predicted octanol–water partition coefficient (Wildman–Crippen LogP) is 3.70. The van der Waals surface area contributed by atoms with Crippen molar-refractivity contribution in [2.75, 3.05) is 11.9 Å². The quantitative estimate of drug-likeness (QED) is 0.787. The maximum Gasteiger partial charge on any atom is 0.418 e. The Morgan fingerprint density at radius 2 is 2.00 bits per heavy atom. The SMILES string of the molecule is CC1CCCCN1C(=O)C(=O)Nc1ccc(Cl)cc1C(F)(F)F. The van der Waals surface area contributed by atoms with Crippen LogP contribution in [0.2, 0.25) is 5.02 Å². The van der Waals surface area contributed by atoms with Crippen molar-refractivity contribution in [3.05, 3.63) is 28.8 Å². The number of carbonyl (C=O) groups excluding carboxylic acids is 2. The lowest BCUT2D eigenvalue weighted by Crippen LogP contribution is -2.47. The molecule has 8 heteroatoms. The zero-order valence-electron chi connectivity index (χ0n) is 12.4. The number of amides is 2. The number of likely N-dealkylation sites (tertiary alicyclic amines) is 1. The van der Waals surface area contributed by atoms with Crippen LogP contribution in [0.15, 0.2) is 18.2 Å². The van der Waals surface area contributed by atoms with E-state index in [0.29, 0.717) is 12.6 Å². The van der Waals surface area contributed by atoms with Crippen LogP contribution < -0.4 is 5.32 Å². The maximum atomic E-state index is 13.0. The molecule has 1 atom stereocenters. The third-order valence-corrected chi connectivity index (χ3v) is 4.03. The molecule has 1 fully saturated rings. The molecule has 0 aliphatic carbocycles. The van der Waals surface area contributed by atoms with E-state index in [-0.39, 0.29) is 11.1 Å². The lowest BCUT2D eigenvalue weighted by atomic mass is 10.0. The highest BCUT2D eigenvalue weighted by Gasteiger charge is 2.35. The predicted molar refractivity (Wildman–Crippen MR) is 80.1 cm³/mol. The summed E-state index contributed by atoms with van der Waals surface area (Å²) in [5.74, 6) is -1.90. The zero-order chi connectivity index (χ0) is 17.2. The molecule has 4 nitrogen and oxygen atoms in total. The number of nitrogens with zero attached hydrogens (tertiary/aromatic N) is 1. The monoisotopic (exact) mass is 348 g/mol. The average molecular weight is 349 g/mol. The number of piperidine rings is 1. The number of hydrogen-bond acceptors (Lipinski definition) is 2. The standard InChI is InChI=1S/C15H16ClF3N2O2/c1-9-4-2-3-7-21(9)14(23)13(22)20-12-6-5-10(16)8-11(12)15(17,18)19/h5-6,8-9H,2-4,7H2,1H3,(H,20,22). The number of alkyl halides is 3. The molecule has 1 heterocycles. The fraction of sp³-hybridized carbons (Fsp3) is 0.467. The number of carbonyl (C=O) groups is 2. The average Bonchev–Trinajstić information content (AvgIpc) is 2.47. The summed E-state index contributed by atoms with van der Waals surface area (Å²) >= 11 is 5.57. The van der Waals surface area contributed by atoms with Crippen molar-refractivity contribution < 1.29 is 22.8 Å². The molecule has 0 radical (unpaired) electrons. The van der Waals surface area contributed by atoms with E-state index in [2.05, 4.69) is 5.32 Å². The summed E-state index contributed by atoms with van der Waals surface area (Å²) in [6, 6.07) is 2.87. The van der Waals surface area contributed by atoms with Gasteiger partial charge in [-0.3, -0.25) is 9.59 Å². The Morgan fingerprint density at radius 1 is 1.30 bits per heavy atom. The Hall–Kier alpha value is -1.76. The van der Waals surface area contributed by atoms with Crippen molar-refractivity contribution in [3.8, 4) is 0 Å². The van der Waals surface area contributed by atoms with Crippen molar-refractivity contribution in [3.63, 3.8) is 0 Å². The van der Waals surface area contributed by atoms with Crippen molar-refractivity contribution in [1.82, 2.24) is 4.90 Å². The van der Waals surface area contributed by atoms with Crippen molar-refractivity contribution in [2.24, 2.45) is 0 Å². The first kappa shape index (κ1) is 17.6. The zero-order valence-corrected chi connectivity index (χ0v) is 13.2. The normalized spacial score (nSPS) is 18.7. The second kappa shape index (κ2) is 6.78. The minimum atomic E-state index is -4.69. The first-order valence-electron chi connectivity index (χ1n) is 7.19. The highest BCUT2D eigenvalue weighted by Crippen LogP contribution is 2.36. The van der Waals surface area contributed by atoms with E-state index in [4.69, 9.17) is 11.6 Å². The molecule has 0 aromatic heterocycles. The molecule has 0 saturated carbocycles. The largest absolute Gasteiger partial charge is 0.418 e. The number of rotatable bonds is 1. The van der Waals surface area contributed by atoms with Crippen molar-refractivity contribution in [2.45, 2.75) is 38.4 Å². The molecule has 1 aromatic rings. The van der Waals surface area contributed by atoms with Crippen LogP contribution in [0.3, 0.4) is 0 Å². The van der Waals surface area contributed by atoms with Crippen LogP contribution >= 0.6 is 11.6 Å². The summed E-state index contributed by atoms with van der Waals surface area (Å²) in [7, 11) is 0. The lowest BCUT2D eigenvalue weighted by molar-refractivity contribution is -0.145. The summed E-state index contributed by atoms with van der Waals surface area (Å²) in [6.07, 6.45) is -2.18. The summed E-state index contributed by atoms with van der Waals surface area (Å²) in [6.45, 7) is 2.24. The van der Waals surface area contributed by atoms with Crippen LogP contribution in [-0.4, -0.2) is 29.3 Å². The molecule has 0 spiro atoms. The first-order chi connectivity index (χ1) is 10.7. The maximum absolute atomic E-state index is 13.0. The number of hydrogen-bond donors (Lipinski definition) is 1. The third-order valence-electron chi connectivity index (χ3n) is 3.79. The third kappa shape index (κ3) is 4.16. The van der Waals surface area contributed by atoms with Gasteiger partial charge in [-0.1, -0.05) is 11.6 Å². The van der Waals surface area contributed by atoms with Crippen LogP contribution in [-0.2, 0) is 15.8 Å². The Kier molecular flexibility index (Phi) is 5.19. The van der Waals surface area contributed by atoms with E-state index in [1.165, 1.54) is 11.0 Å². The van der Waals surface area contributed by atoms with Crippen molar-refractivity contribution >= 4 is 29.1 Å². The Labute approximate surface area is 136 Å². The summed E-state index contributed by atoms with van der Waals surface area (Å²) in [5.41, 5.74) is -1.57. The van der Waals surface area contributed by atoms with E-state index in [1.54, 1.807) is 0 Å². The second-order valence-corrected chi connectivity index (χ2v) is 5.92. The van der Waals surface area contributed by atoms with Gasteiger partial charge in [0, 0.05) is 17.6 Å². The molecule has 1 aliphatic heterocycles. The van der Waals surface area contributed by atoms with E-state index in [0.717, 1.165) is 25.3 Å². The molecular weight excluding hydrogens is 333 g/mol. The van der Waals surface area contributed by atoms with E-state index in [9.17, 15) is 22.8 Å². The number of anilines is 1. The minimum Gasteiger partial charge on any atom is -0.332 e. The first-order valence-corrected chi connectivity index (χ1v) is 7.56. The molecule has 1 N–H and O–H groups in total. The van der Waals surface area contributed by atoms with Crippen LogP contribution in [0.25, 0.3) is 0 Å². The van der Waals surface area contributed by atoms with Gasteiger partial charge in [0.15, 0.2) is 0 Å². The highest BCUT2D eigenvalue weighted by molar-refractivity contribution is 6.39. The van der Waals surface area contributed by atoms with Gasteiger partial charge in [0.05, 0.1) is 11.3 Å². The Bertz CT molecular complexity index is 619. The Balaban J connectivity index is 2.18. The van der Waals surface area contributed by atoms with Gasteiger partial charge in [-0.2, -0.15) is 13.2 Å². The molecule has 2 amide bonds. The van der Waals surface area contributed by atoms with Crippen molar-refractivity contribution in [1.29, 1.82) is 0 Å². The van der Waals surface area contributed by atoms with E-state index in [1.807, 2.05) is 6.92 Å². The van der Waals surface area contributed by atoms with Gasteiger partial charge < -0.3 is 10.2 Å². The van der Waals surface area contributed by atoms with Gasteiger partial charge in [-0.05, 0) is 44.4 Å². The molecule has 1 unspecified atom stereocenters. The summed E-state index contributed by atoms with van der Waals surface area (Å²) < 4.78 is 39.0. The van der Waals surface area contributed by atoms with Crippen LogP contribution in [0.5, 0.6) is 0 Å². The second-order valence-electron chi connectivity index (χ2n) is 5.49. The van der Waals surface area contributed by atoms with Gasteiger partial charge in [-0.15, -0.1) is 0 Å². The molecule has 1 saturated heterocycles. The summed E-state index contributed by atoms with van der Waals surface area (Å²) in [4.78, 5) is 25.6. The molecule has 2 rings (SSSR count). The molecular formula is C15H16ClF3N2O2. The molecule has 1 aromatic carbocycles. The van der Waals surface area contributed by atoms with Gasteiger partial charge in [-0.25, -0.2) is 0 Å². The minimum absolute atomic E-state index is 0.102.